The van der Waals surface area contributed by atoms with Gasteiger partial charge in [0.15, 0.2) is 0 Å². The summed E-state index contributed by atoms with van der Waals surface area (Å²) in [5.41, 5.74) is -0.648. The lowest BCUT2D eigenvalue weighted by Gasteiger charge is -2.20. The molecule has 1 aromatic rings. The molecule has 0 spiro atoms. The van der Waals surface area contributed by atoms with E-state index in [0.29, 0.717) is 24.2 Å². The number of hydrogen-bond acceptors (Lipinski definition) is 3. The first-order valence-corrected chi connectivity index (χ1v) is 6.89. The third-order valence-corrected chi connectivity index (χ3v) is 3.81. The highest BCUT2D eigenvalue weighted by molar-refractivity contribution is 5.52. The molecular weight excluding hydrogens is 267 g/mol. The topological polar surface area (TPSA) is 28.2 Å². The van der Waals surface area contributed by atoms with Gasteiger partial charge in [0.1, 0.15) is 11.6 Å². The number of rotatable bonds is 3. The second-order valence-corrected chi connectivity index (χ2v) is 5.49. The van der Waals surface area contributed by atoms with Crippen molar-refractivity contribution in [3.63, 3.8) is 0 Å². The summed E-state index contributed by atoms with van der Waals surface area (Å²) in [6, 6.07) is 2.21. The van der Waals surface area contributed by atoms with E-state index in [1.807, 2.05) is 11.8 Å². The molecule has 0 aromatic carbocycles. The summed E-state index contributed by atoms with van der Waals surface area (Å²) in [6.07, 6.45) is -4.35. The minimum Gasteiger partial charge on any atom is -0.370 e. The zero-order chi connectivity index (χ0) is 14.9. The SMILES string of the molecule is CCNc1cc(C(F)(F)F)cc(N2CC(C)C(C)C2)n1. The minimum absolute atomic E-state index is 0.282. The zero-order valence-electron chi connectivity index (χ0n) is 12.0. The second-order valence-electron chi connectivity index (χ2n) is 5.49. The average Bonchev–Trinajstić information content (AvgIpc) is 2.69. The van der Waals surface area contributed by atoms with Gasteiger partial charge in [-0.1, -0.05) is 13.8 Å². The fourth-order valence-corrected chi connectivity index (χ4v) is 2.43. The molecular formula is C14H20F3N3. The highest BCUT2D eigenvalue weighted by Crippen LogP contribution is 2.34. The van der Waals surface area contributed by atoms with Crippen LogP contribution >= 0.6 is 0 Å². The van der Waals surface area contributed by atoms with E-state index in [1.165, 1.54) is 0 Å². The molecule has 0 amide bonds. The van der Waals surface area contributed by atoms with Crippen LogP contribution in [0.2, 0.25) is 0 Å². The van der Waals surface area contributed by atoms with Crippen molar-refractivity contribution in [2.75, 3.05) is 29.9 Å². The molecule has 1 saturated heterocycles. The maximum Gasteiger partial charge on any atom is 0.416 e. The molecule has 112 valence electrons. The van der Waals surface area contributed by atoms with E-state index in [0.717, 1.165) is 25.2 Å². The number of aromatic nitrogens is 1. The van der Waals surface area contributed by atoms with Crippen LogP contribution in [-0.4, -0.2) is 24.6 Å². The van der Waals surface area contributed by atoms with Crippen molar-refractivity contribution in [3.8, 4) is 0 Å². The van der Waals surface area contributed by atoms with Crippen LogP contribution in [0.3, 0.4) is 0 Å². The number of nitrogens with zero attached hydrogens (tertiary/aromatic N) is 2. The van der Waals surface area contributed by atoms with Crippen LogP contribution in [0.1, 0.15) is 26.3 Å². The van der Waals surface area contributed by atoms with Gasteiger partial charge in [-0.15, -0.1) is 0 Å². The molecule has 2 heterocycles. The molecule has 2 atom stereocenters. The molecule has 0 bridgehead atoms. The van der Waals surface area contributed by atoms with Gasteiger partial charge >= 0.3 is 6.18 Å². The van der Waals surface area contributed by atoms with Gasteiger partial charge in [0.25, 0.3) is 0 Å². The van der Waals surface area contributed by atoms with Crippen LogP contribution < -0.4 is 10.2 Å². The largest absolute Gasteiger partial charge is 0.416 e. The van der Waals surface area contributed by atoms with Crippen LogP contribution in [0.4, 0.5) is 24.8 Å². The first-order valence-electron chi connectivity index (χ1n) is 6.89. The van der Waals surface area contributed by atoms with Crippen molar-refractivity contribution in [3.05, 3.63) is 17.7 Å². The molecule has 1 aliphatic heterocycles. The van der Waals surface area contributed by atoms with Gasteiger partial charge in [0.05, 0.1) is 5.56 Å². The average molecular weight is 287 g/mol. The van der Waals surface area contributed by atoms with Gasteiger partial charge in [-0.3, -0.25) is 0 Å². The van der Waals surface area contributed by atoms with Gasteiger partial charge in [-0.25, -0.2) is 4.98 Å². The summed E-state index contributed by atoms with van der Waals surface area (Å²) in [7, 11) is 0. The number of pyridine rings is 1. The minimum atomic E-state index is -4.35. The lowest BCUT2D eigenvalue weighted by atomic mass is 10.0. The molecule has 1 aromatic heterocycles. The van der Waals surface area contributed by atoms with Crippen molar-refractivity contribution in [1.82, 2.24) is 4.98 Å². The summed E-state index contributed by atoms with van der Waals surface area (Å²) < 4.78 is 38.9. The third kappa shape index (κ3) is 3.16. The standard InChI is InChI=1S/C14H20F3N3/c1-4-18-12-5-11(14(15,16)17)6-13(19-12)20-7-9(2)10(3)8-20/h5-6,9-10H,4,7-8H2,1-3H3,(H,18,19). The summed E-state index contributed by atoms with van der Waals surface area (Å²) in [5.74, 6) is 1.62. The monoisotopic (exact) mass is 287 g/mol. The molecule has 1 N–H and O–H groups in total. The summed E-state index contributed by atoms with van der Waals surface area (Å²) >= 11 is 0. The number of halogens is 3. The number of alkyl halides is 3. The Labute approximate surface area is 117 Å². The molecule has 2 unspecified atom stereocenters. The lowest BCUT2D eigenvalue weighted by molar-refractivity contribution is -0.137. The van der Waals surface area contributed by atoms with Gasteiger partial charge < -0.3 is 10.2 Å². The van der Waals surface area contributed by atoms with Crippen LogP contribution in [0.25, 0.3) is 0 Å². The highest BCUT2D eigenvalue weighted by Gasteiger charge is 2.33. The van der Waals surface area contributed by atoms with Crippen LogP contribution in [0, 0.1) is 11.8 Å². The van der Waals surface area contributed by atoms with Crippen molar-refractivity contribution in [2.24, 2.45) is 11.8 Å². The van der Waals surface area contributed by atoms with E-state index in [1.54, 1.807) is 0 Å². The third-order valence-electron chi connectivity index (χ3n) is 3.81. The van der Waals surface area contributed by atoms with Crippen molar-refractivity contribution >= 4 is 11.6 Å². The van der Waals surface area contributed by atoms with Gasteiger partial charge in [-0.05, 0) is 30.9 Å². The van der Waals surface area contributed by atoms with E-state index in [9.17, 15) is 13.2 Å². The number of nitrogens with one attached hydrogen (secondary N) is 1. The fraction of sp³-hybridized carbons (Fsp3) is 0.643. The predicted octanol–water partition coefficient (Wildman–Crippen LogP) is 3.62. The first kappa shape index (κ1) is 14.9. The Kier molecular flexibility index (Phi) is 4.11. The Morgan fingerprint density at radius 2 is 1.85 bits per heavy atom. The molecule has 3 nitrogen and oxygen atoms in total. The Hall–Kier alpha value is -1.46. The van der Waals surface area contributed by atoms with E-state index in [2.05, 4.69) is 24.1 Å². The van der Waals surface area contributed by atoms with E-state index in [-0.39, 0.29) is 5.82 Å². The molecule has 1 fully saturated rings. The molecule has 0 radical (unpaired) electrons. The second kappa shape index (κ2) is 5.50. The maximum atomic E-state index is 13.0. The molecule has 0 saturated carbocycles. The summed E-state index contributed by atoms with van der Waals surface area (Å²) in [6.45, 7) is 8.11. The van der Waals surface area contributed by atoms with Gasteiger partial charge in [0.2, 0.25) is 0 Å². The van der Waals surface area contributed by atoms with Crippen molar-refractivity contribution in [2.45, 2.75) is 26.9 Å². The van der Waals surface area contributed by atoms with Crippen LogP contribution in [0.5, 0.6) is 0 Å². The van der Waals surface area contributed by atoms with Crippen LogP contribution in [0.15, 0.2) is 12.1 Å². The lowest BCUT2D eigenvalue weighted by Crippen LogP contribution is -2.22. The molecule has 0 aliphatic carbocycles. The van der Waals surface area contributed by atoms with E-state index >= 15 is 0 Å². The molecule has 1 aliphatic rings. The Bertz CT molecular complexity index is 463. The Morgan fingerprint density at radius 3 is 2.35 bits per heavy atom. The smallest absolute Gasteiger partial charge is 0.370 e. The number of anilines is 2. The Morgan fingerprint density at radius 1 is 1.25 bits per heavy atom. The summed E-state index contributed by atoms with van der Waals surface area (Å²) in [5, 5.41) is 2.87. The summed E-state index contributed by atoms with van der Waals surface area (Å²) in [4.78, 5) is 6.24. The quantitative estimate of drug-likeness (QED) is 0.920. The van der Waals surface area contributed by atoms with Crippen LogP contribution in [-0.2, 0) is 6.18 Å². The predicted molar refractivity (Wildman–Crippen MR) is 73.9 cm³/mol. The molecule has 20 heavy (non-hydrogen) atoms. The normalized spacial score (nSPS) is 23.2. The highest BCUT2D eigenvalue weighted by atomic mass is 19.4. The zero-order valence-corrected chi connectivity index (χ0v) is 12.0. The maximum absolute atomic E-state index is 13.0. The fourth-order valence-electron chi connectivity index (χ4n) is 2.43. The van der Waals surface area contributed by atoms with Gasteiger partial charge in [0, 0.05) is 19.6 Å². The van der Waals surface area contributed by atoms with Gasteiger partial charge in [-0.2, -0.15) is 13.2 Å². The van der Waals surface area contributed by atoms with E-state index in [4.69, 9.17) is 0 Å². The first-order chi connectivity index (χ1) is 9.31. The molecule has 6 heteroatoms. The molecule has 2 rings (SSSR count). The van der Waals surface area contributed by atoms with Crippen molar-refractivity contribution in [1.29, 1.82) is 0 Å². The number of hydrogen-bond donors (Lipinski definition) is 1. The van der Waals surface area contributed by atoms with Crippen molar-refractivity contribution < 1.29 is 13.2 Å². The Balaban J connectivity index is 2.35. The van der Waals surface area contributed by atoms with E-state index < -0.39 is 11.7 Å².